The van der Waals surface area contributed by atoms with Crippen LogP contribution in [0.1, 0.15) is 32.1 Å². The summed E-state index contributed by atoms with van der Waals surface area (Å²) in [5, 5.41) is 8.96. The molecule has 1 aliphatic rings. The van der Waals surface area contributed by atoms with Crippen LogP contribution in [0.15, 0.2) is 29.2 Å². The van der Waals surface area contributed by atoms with E-state index in [2.05, 4.69) is 4.72 Å². The maximum absolute atomic E-state index is 13.1. The van der Waals surface area contributed by atoms with Gasteiger partial charge >= 0.3 is 5.97 Å². The first-order chi connectivity index (χ1) is 9.33. The SMILES string of the molecule is O=C(O)CC1(NS(=O)(=O)c2cccc(F)c2)CCCC1. The summed E-state index contributed by atoms with van der Waals surface area (Å²) < 4.78 is 40.1. The number of hydrogen-bond acceptors (Lipinski definition) is 3. The summed E-state index contributed by atoms with van der Waals surface area (Å²) in [5.74, 6) is -1.69. The van der Waals surface area contributed by atoms with Crippen LogP contribution in [0.4, 0.5) is 4.39 Å². The molecule has 0 atom stereocenters. The van der Waals surface area contributed by atoms with Crippen molar-refractivity contribution in [2.75, 3.05) is 0 Å². The van der Waals surface area contributed by atoms with Crippen LogP contribution in [0.5, 0.6) is 0 Å². The lowest BCUT2D eigenvalue weighted by molar-refractivity contribution is -0.138. The summed E-state index contributed by atoms with van der Waals surface area (Å²) in [5.41, 5.74) is -0.961. The van der Waals surface area contributed by atoms with Crippen LogP contribution >= 0.6 is 0 Å². The van der Waals surface area contributed by atoms with Crippen LogP contribution in [-0.4, -0.2) is 25.0 Å². The van der Waals surface area contributed by atoms with Crippen molar-refractivity contribution in [3.63, 3.8) is 0 Å². The van der Waals surface area contributed by atoms with Crippen molar-refractivity contribution in [2.45, 2.75) is 42.5 Å². The molecule has 7 heteroatoms. The van der Waals surface area contributed by atoms with Gasteiger partial charge in [-0.25, -0.2) is 17.5 Å². The molecule has 5 nitrogen and oxygen atoms in total. The van der Waals surface area contributed by atoms with E-state index in [1.165, 1.54) is 12.1 Å². The number of sulfonamides is 1. The molecule has 1 saturated carbocycles. The molecule has 1 aromatic rings. The molecule has 0 radical (unpaired) electrons. The number of carboxylic acid groups (broad SMARTS) is 1. The Morgan fingerprint density at radius 1 is 1.35 bits per heavy atom. The fourth-order valence-corrected chi connectivity index (χ4v) is 4.12. The van der Waals surface area contributed by atoms with E-state index in [1.54, 1.807) is 0 Å². The molecule has 0 bridgehead atoms. The molecule has 110 valence electrons. The lowest BCUT2D eigenvalue weighted by Gasteiger charge is -2.28. The van der Waals surface area contributed by atoms with Gasteiger partial charge in [0.05, 0.1) is 11.3 Å². The van der Waals surface area contributed by atoms with Gasteiger partial charge in [0.15, 0.2) is 0 Å². The van der Waals surface area contributed by atoms with Crippen LogP contribution in [0.25, 0.3) is 0 Å². The van der Waals surface area contributed by atoms with Gasteiger partial charge in [-0.2, -0.15) is 0 Å². The molecule has 0 saturated heterocycles. The maximum atomic E-state index is 13.1. The number of nitrogens with one attached hydrogen (secondary N) is 1. The quantitative estimate of drug-likeness (QED) is 0.870. The second kappa shape index (κ2) is 5.49. The van der Waals surface area contributed by atoms with Crippen molar-refractivity contribution in [1.82, 2.24) is 4.72 Å². The molecule has 0 heterocycles. The van der Waals surface area contributed by atoms with E-state index in [-0.39, 0.29) is 11.3 Å². The van der Waals surface area contributed by atoms with Gasteiger partial charge in [0.1, 0.15) is 5.82 Å². The third-order valence-electron chi connectivity index (χ3n) is 3.51. The minimum Gasteiger partial charge on any atom is -0.481 e. The Labute approximate surface area is 116 Å². The lowest BCUT2D eigenvalue weighted by Crippen LogP contribution is -2.47. The smallest absolute Gasteiger partial charge is 0.305 e. The zero-order valence-electron chi connectivity index (χ0n) is 10.8. The highest BCUT2D eigenvalue weighted by atomic mass is 32.2. The normalized spacial score (nSPS) is 18.1. The number of rotatable bonds is 5. The largest absolute Gasteiger partial charge is 0.481 e. The Bertz CT molecular complexity index is 609. The third-order valence-corrected chi connectivity index (χ3v) is 5.08. The molecule has 20 heavy (non-hydrogen) atoms. The summed E-state index contributed by atoms with van der Waals surface area (Å²) in [6.45, 7) is 0. The van der Waals surface area contributed by atoms with Gasteiger partial charge in [-0.05, 0) is 31.0 Å². The van der Waals surface area contributed by atoms with Gasteiger partial charge in [-0.3, -0.25) is 4.79 Å². The Kier molecular flexibility index (Phi) is 4.10. The molecule has 2 rings (SSSR count). The molecule has 1 aromatic carbocycles. The molecule has 2 N–H and O–H groups in total. The van der Waals surface area contributed by atoms with Crippen LogP contribution in [0, 0.1) is 5.82 Å². The summed E-state index contributed by atoms with van der Waals surface area (Å²) in [6, 6.07) is 4.67. The molecule has 0 unspecified atom stereocenters. The summed E-state index contributed by atoms with van der Waals surface area (Å²) in [7, 11) is -3.92. The van der Waals surface area contributed by atoms with E-state index in [1.807, 2.05) is 0 Å². The minimum absolute atomic E-state index is 0.186. The number of carbonyl (C=O) groups is 1. The minimum atomic E-state index is -3.92. The van der Waals surface area contributed by atoms with E-state index in [0.29, 0.717) is 12.8 Å². The van der Waals surface area contributed by atoms with Crippen LogP contribution in [-0.2, 0) is 14.8 Å². The van der Waals surface area contributed by atoms with Crippen molar-refractivity contribution >= 4 is 16.0 Å². The Morgan fingerprint density at radius 2 is 2.00 bits per heavy atom. The first kappa shape index (κ1) is 14.9. The molecule has 1 fully saturated rings. The predicted octanol–water partition coefficient (Wildman–Crippen LogP) is 1.89. The van der Waals surface area contributed by atoms with E-state index in [4.69, 9.17) is 5.11 Å². The average Bonchev–Trinajstić information content (AvgIpc) is 2.75. The molecule has 1 aliphatic carbocycles. The number of carboxylic acids is 1. The fraction of sp³-hybridized carbons (Fsp3) is 0.462. The first-order valence-corrected chi connectivity index (χ1v) is 7.83. The average molecular weight is 301 g/mol. The zero-order chi connectivity index (χ0) is 14.8. The van der Waals surface area contributed by atoms with E-state index >= 15 is 0 Å². The number of aliphatic carboxylic acids is 1. The standard InChI is InChI=1S/C13H16FNO4S/c14-10-4-3-5-11(8-10)20(18,19)15-13(9-12(16)17)6-1-2-7-13/h3-5,8,15H,1-2,6-7,9H2,(H,16,17). The number of halogens is 1. The zero-order valence-corrected chi connectivity index (χ0v) is 11.6. The number of benzene rings is 1. The summed E-state index contributed by atoms with van der Waals surface area (Å²) in [6.07, 6.45) is 2.25. The lowest BCUT2D eigenvalue weighted by atomic mass is 9.95. The van der Waals surface area contributed by atoms with Crippen molar-refractivity contribution in [1.29, 1.82) is 0 Å². The van der Waals surface area contributed by atoms with E-state index < -0.39 is 27.3 Å². The second-order valence-corrected chi connectivity index (χ2v) is 6.80. The van der Waals surface area contributed by atoms with Crippen molar-refractivity contribution < 1.29 is 22.7 Å². The topological polar surface area (TPSA) is 83.5 Å². The Morgan fingerprint density at radius 3 is 2.55 bits per heavy atom. The maximum Gasteiger partial charge on any atom is 0.305 e. The van der Waals surface area contributed by atoms with Crippen LogP contribution in [0.3, 0.4) is 0 Å². The molecular formula is C13H16FNO4S. The molecule has 0 aliphatic heterocycles. The monoisotopic (exact) mass is 301 g/mol. The Hall–Kier alpha value is -1.47. The van der Waals surface area contributed by atoms with Crippen molar-refractivity contribution in [3.05, 3.63) is 30.1 Å². The fourth-order valence-electron chi connectivity index (χ4n) is 2.63. The van der Waals surface area contributed by atoms with Crippen molar-refractivity contribution in [2.24, 2.45) is 0 Å². The summed E-state index contributed by atoms with van der Waals surface area (Å²) in [4.78, 5) is 10.8. The third kappa shape index (κ3) is 3.34. The Balaban J connectivity index is 2.28. The molecular weight excluding hydrogens is 285 g/mol. The van der Waals surface area contributed by atoms with Crippen LogP contribution in [0.2, 0.25) is 0 Å². The van der Waals surface area contributed by atoms with Crippen LogP contribution < -0.4 is 4.72 Å². The molecule has 0 amide bonds. The van der Waals surface area contributed by atoms with Gasteiger partial charge < -0.3 is 5.11 Å². The first-order valence-electron chi connectivity index (χ1n) is 6.34. The van der Waals surface area contributed by atoms with Gasteiger partial charge in [0.2, 0.25) is 10.0 Å². The highest BCUT2D eigenvalue weighted by molar-refractivity contribution is 7.89. The highest BCUT2D eigenvalue weighted by Gasteiger charge is 2.39. The van der Waals surface area contributed by atoms with Gasteiger partial charge in [0, 0.05) is 5.54 Å². The van der Waals surface area contributed by atoms with E-state index in [0.717, 1.165) is 25.0 Å². The van der Waals surface area contributed by atoms with Crippen molar-refractivity contribution in [3.8, 4) is 0 Å². The second-order valence-electron chi connectivity index (χ2n) is 5.12. The molecule has 0 aromatic heterocycles. The van der Waals surface area contributed by atoms with Gasteiger partial charge in [0.25, 0.3) is 0 Å². The highest BCUT2D eigenvalue weighted by Crippen LogP contribution is 2.34. The predicted molar refractivity (Wildman–Crippen MR) is 70.2 cm³/mol. The van der Waals surface area contributed by atoms with Gasteiger partial charge in [-0.1, -0.05) is 18.9 Å². The molecule has 0 spiro atoms. The number of hydrogen-bond donors (Lipinski definition) is 2. The summed E-state index contributed by atoms with van der Waals surface area (Å²) >= 11 is 0. The van der Waals surface area contributed by atoms with E-state index in [9.17, 15) is 17.6 Å². The van der Waals surface area contributed by atoms with Gasteiger partial charge in [-0.15, -0.1) is 0 Å².